The van der Waals surface area contributed by atoms with E-state index in [1.165, 1.54) is 0 Å². The summed E-state index contributed by atoms with van der Waals surface area (Å²) in [5.41, 5.74) is 7.42. The van der Waals surface area contributed by atoms with Gasteiger partial charge in [-0.3, -0.25) is 0 Å². The minimum Gasteiger partial charge on any atom is -0.497 e. The van der Waals surface area contributed by atoms with Crippen molar-refractivity contribution in [2.75, 3.05) is 17.6 Å². The molecule has 0 aliphatic rings. The molecule has 3 N–H and O–H groups in total. The van der Waals surface area contributed by atoms with Crippen LogP contribution in [0.25, 0.3) is 10.8 Å². The Bertz CT molecular complexity index is 832. The highest BCUT2D eigenvalue weighted by Gasteiger charge is 2.10. The van der Waals surface area contributed by atoms with E-state index in [-0.39, 0.29) is 0 Å². The maximum atomic E-state index is 12.6. The molecule has 0 fully saturated rings. The Kier molecular flexibility index (Phi) is 3.98. The Morgan fingerprint density at radius 3 is 2.32 bits per heavy atom. The van der Waals surface area contributed by atoms with E-state index >= 15 is 0 Å². The number of nitrogen functional groups attached to an aromatic ring is 1. The van der Waals surface area contributed by atoms with Gasteiger partial charge in [0.2, 0.25) is 0 Å². The van der Waals surface area contributed by atoms with Gasteiger partial charge < -0.3 is 15.2 Å². The van der Waals surface area contributed by atoms with Gasteiger partial charge >= 0.3 is 0 Å². The molecule has 0 radical (unpaired) electrons. The quantitative estimate of drug-likeness (QED) is 0.724. The molecule has 22 heavy (non-hydrogen) atoms. The molecule has 3 aromatic rings. The molecule has 0 bridgehead atoms. The van der Waals surface area contributed by atoms with Crippen molar-refractivity contribution in [2.45, 2.75) is 4.90 Å². The van der Waals surface area contributed by atoms with Crippen LogP contribution >= 0.6 is 0 Å². The van der Waals surface area contributed by atoms with Crippen molar-refractivity contribution in [1.82, 2.24) is 0 Å². The van der Waals surface area contributed by atoms with Gasteiger partial charge in [0.1, 0.15) is 5.75 Å². The summed E-state index contributed by atoms with van der Waals surface area (Å²) in [6.45, 7) is 0. The summed E-state index contributed by atoms with van der Waals surface area (Å²) < 4.78 is 20.7. The van der Waals surface area contributed by atoms with Gasteiger partial charge in [-0.05, 0) is 36.4 Å². The number of nitrogens with one attached hydrogen (secondary N) is 1. The highest BCUT2D eigenvalue weighted by atomic mass is 32.2. The number of anilines is 2. The fourth-order valence-electron chi connectivity index (χ4n) is 2.28. The normalized spacial score (nSPS) is 12.0. The van der Waals surface area contributed by atoms with Gasteiger partial charge in [-0.15, -0.1) is 0 Å². The van der Waals surface area contributed by atoms with Gasteiger partial charge in [0.05, 0.1) is 12.0 Å². The Morgan fingerprint density at radius 2 is 1.64 bits per heavy atom. The Morgan fingerprint density at radius 1 is 0.955 bits per heavy atom. The fraction of sp³-hybridized carbons (Fsp3) is 0.0588. The molecule has 4 nitrogen and oxygen atoms in total. The molecule has 0 aromatic heterocycles. The summed E-state index contributed by atoms with van der Waals surface area (Å²) in [6.07, 6.45) is 0. The van der Waals surface area contributed by atoms with Crippen molar-refractivity contribution < 1.29 is 8.95 Å². The van der Waals surface area contributed by atoms with E-state index in [1.54, 1.807) is 19.2 Å². The molecule has 3 rings (SSSR count). The van der Waals surface area contributed by atoms with Crippen LogP contribution in [0.15, 0.2) is 65.6 Å². The van der Waals surface area contributed by atoms with E-state index in [1.807, 2.05) is 48.5 Å². The zero-order valence-electron chi connectivity index (χ0n) is 12.1. The smallest absolute Gasteiger partial charge is 0.150 e. The lowest BCUT2D eigenvalue weighted by Crippen LogP contribution is -2.05. The van der Waals surface area contributed by atoms with Crippen LogP contribution in [0.2, 0.25) is 0 Å². The van der Waals surface area contributed by atoms with Crippen molar-refractivity contribution in [2.24, 2.45) is 0 Å². The second-order valence-electron chi connectivity index (χ2n) is 4.80. The fourth-order valence-corrected chi connectivity index (χ4v) is 3.31. The lowest BCUT2D eigenvalue weighted by molar-refractivity contribution is 0.415. The number of hydrogen-bond donors (Lipinski definition) is 2. The number of rotatable bonds is 4. The number of ether oxygens (including phenoxy) is 1. The van der Waals surface area contributed by atoms with Crippen molar-refractivity contribution in [3.8, 4) is 5.75 Å². The molecule has 112 valence electrons. The van der Waals surface area contributed by atoms with Crippen molar-refractivity contribution in [3.05, 3.63) is 60.7 Å². The van der Waals surface area contributed by atoms with Gasteiger partial charge in [0.15, 0.2) is 11.0 Å². The molecule has 1 atom stereocenters. The van der Waals surface area contributed by atoms with E-state index in [0.717, 1.165) is 22.2 Å². The number of methoxy groups -OCH3 is 1. The zero-order valence-corrected chi connectivity index (χ0v) is 12.9. The van der Waals surface area contributed by atoms with Gasteiger partial charge in [-0.1, -0.05) is 24.3 Å². The molecule has 0 aliphatic carbocycles. The number of nitrogens with two attached hydrogens (primary N) is 1. The first kappa shape index (κ1) is 14.4. The van der Waals surface area contributed by atoms with Gasteiger partial charge in [0.25, 0.3) is 0 Å². The molecule has 0 saturated heterocycles. The Labute approximate surface area is 131 Å². The van der Waals surface area contributed by atoms with Crippen LogP contribution in [0.4, 0.5) is 11.4 Å². The van der Waals surface area contributed by atoms with Crippen molar-refractivity contribution in [1.29, 1.82) is 0 Å². The standard InChI is InChI=1S/C17H16N2O2S/c1-21-13-8-6-12(7-9-13)19-22(20)17-11-10-16(18)14-4-2-3-5-15(14)17/h2-11,19H,18H2,1H3. The molecule has 0 heterocycles. The first-order valence-electron chi connectivity index (χ1n) is 6.79. The number of benzene rings is 3. The first-order chi connectivity index (χ1) is 10.7. The van der Waals surface area contributed by atoms with Crippen molar-refractivity contribution in [3.63, 3.8) is 0 Å². The molecule has 1 unspecified atom stereocenters. The van der Waals surface area contributed by atoms with Crippen LogP contribution in [0, 0.1) is 0 Å². The second kappa shape index (κ2) is 6.07. The molecular formula is C17H16N2O2S. The number of hydrogen-bond acceptors (Lipinski definition) is 3. The van der Waals surface area contributed by atoms with Crippen LogP contribution < -0.4 is 15.2 Å². The average molecular weight is 312 g/mol. The van der Waals surface area contributed by atoms with Crippen molar-refractivity contribution >= 4 is 33.1 Å². The minimum atomic E-state index is -1.37. The summed E-state index contributed by atoms with van der Waals surface area (Å²) in [7, 11) is 0.240. The summed E-state index contributed by atoms with van der Waals surface area (Å²) in [4.78, 5) is 0.709. The molecule has 0 amide bonds. The predicted octanol–water partition coefficient (Wildman–Crippen LogP) is 3.57. The van der Waals surface area contributed by atoms with Crippen LogP contribution in [0.3, 0.4) is 0 Å². The molecule has 3 aromatic carbocycles. The minimum absolute atomic E-state index is 0.681. The molecule has 0 spiro atoms. The van der Waals surface area contributed by atoms with Gasteiger partial charge in [0, 0.05) is 22.1 Å². The zero-order chi connectivity index (χ0) is 15.5. The Hall–Kier alpha value is -2.53. The highest BCUT2D eigenvalue weighted by Crippen LogP contribution is 2.27. The maximum absolute atomic E-state index is 12.6. The van der Waals surface area contributed by atoms with Crippen LogP contribution in [-0.2, 0) is 11.0 Å². The third-order valence-corrected chi connectivity index (χ3v) is 4.59. The van der Waals surface area contributed by atoms with Gasteiger partial charge in [-0.2, -0.15) is 0 Å². The summed E-state index contributed by atoms with van der Waals surface area (Å²) in [6, 6.07) is 18.6. The van der Waals surface area contributed by atoms with E-state index in [0.29, 0.717) is 10.6 Å². The lowest BCUT2D eigenvalue weighted by Gasteiger charge is -2.10. The monoisotopic (exact) mass is 312 g/mol. The third-order valence-electron chi connectivity index (χ3n) is 3.42. The van der Waals surface area contributed by atoms with Crippen LogP contribution in [0.5, 0.6) is 5.75 Å². The van der Waals surface area contributed by atoms with Crippen LogP contribution in [-0.4, -0.2) is 11.3 Å². The highest BCUT2D eigenvalue weighted by molar-refractivity contribution is 7.86. The van der Waals surface area contributed by atoms with Crippen LogP contribution in [0.1, 0.15) is 0 Å². The maximum Gasteiger partial charge on any atom is 0.150 e. The molecule has 0 aliphatic heterocycles. The first-order valence-corrected chi connectivity index (χ1v) is 7.94. The SMILES string of the molecule is COc1ccc(NS(=O)c2ccc(N)c3ccccc23)cc1. The average Bonchev–Trinajstić information content (AvgIpc) is 2.56. The summed E-state index contributed by atoms with van der Waals surface area (Å²) >= 11 is 0. The van der Waals surface area contributed by atoms with E-state index < -0.39 is 11.0 Å². The second-order valence-corrected chi connectivity index (χ2v) is 5.98. The molecular weight excluding hydrogens is 296 g/mol. The molecule has 0 saturated carbocycles. The summed E-state index contributed by atoms with van der Waals surface area (Å²) in [5.74, 6) is 0.759. The van der Waals surface area contributed by atoms with Gasteiger partial charge in [-0.25, -0.2) is 4.21 Å². The summed E-state index contributed by atoms with van der Waals surface area (Å²) in [5, 5.41) is 1.80. The predicted molar refractivity (Wildman–Crippen MR) is 91.4 cm³/mol. The Balaban J connectivity index is 1.93. The van der Waals surface area contributed by atoms with E-state index in [9.17, 15) is 4.21 Å². The molecule has 5 heteroatoms. The largest absolute Gasteiger partial charge is 0.497 e. The van der Waals surface area contributed by atoms with E-state index in [4.69, 9.17) is 10.5 Å². The lowest BCUT2D eigenvalue weighted by atomic mass is 10.1. The third kappa shape index (κ3) is 2.76. The topological polar surface area (TPSA) is 64.3 Å². The number of fused-ring (bicyclic) bond motifs is 1. The van der Waals surface area contributed by atoms with E-state index in [2.05, 4.69) is 4.72 Å².